The number of hydrogen-bond acceptors (Lipinski definition) is 3. The Morgan fingerprint density at radius 2 is 2.07 bits per heavy atom. The average molecular weight is 199 g/mol. The summed E-state index contributed by atoms with van der Waals surface area (Å²) in [7, 11) is 1.68. The van der Waals surface area contributed by atoms with E-state index in [1.807, 2.05) is 0 Å². The van der Waals surface area contributed by atoms with Crippen molar-refractivity contribution in [1.29, 1.82) is 0 Å². The highest BCUT2D eigenvalue weighted by Gasteiger charge is 1.99. The van der Waals surface area contributed by atoms with Gasteiger partial charge in [0.15, 0.2) is 0 Å². The lowest BCUT2D eigenvalue weighted by atomic mass is 10.1. The van der Waals surface area contributed by atoms with Gasteiger partial charge in [0.2, 0.25) is 0 Å². The molecule has 0 amide bonds. The van der Waals surface area contributed by atoms with Gasteiger partial charge in [-0.15, -0.1) is 0 Å². The Morgan fingerprint density at radius 3 is 2.57 bits per heavy atom. The van der Waals surface area contributed by atoms with E-state index in [0.717, 1.165) is 38.0 Å². The maximum atomic E-state index is 8.72. The van der Waals surface area contributed by atoms with Crippen molar-refractivity contribution in [3.63, 3.8) is 0 Å². The van der Waals surface area contributed by atoms with Crippen LogP contribution in [-0.2, 0) is 4.74 Å². The summed E-state index contributed by atoms with van der Waals surface area (Å²) in [5.41, 5.74) is 2.17. The number of allylic oxidation sites excluding steroid dienone is 2. The lowest BCUT2D eigenvalue weighted by Crippen LogP contribution is -2.00. The van der Waals surface area contributed by atoms with Crippen molar-refractivity contribution < 1.29 is 9.94 Å². The second kappa shape index (κ2) is 8.75. The van der Waals surface area contributed by atoms with E-state index in [-0.39, 0.29) is 0 Å². The molecule has 82 valence electrons. The maximum Gasteiger partial charge on any atom is 0.0574 e. The molecule has 0 bridgehead atoms. The maximum absolute atomic E-state index is 8.72. The molecule has 0 aliphatic carbocycles. The molecule has 3 heteroatoms. The lowest BCUT2D eigenvalue weighted by Gasteiger charge is -2.02. The van der Waals surface area contributed by atoms with Gasteiger partial charge in [-0.3, -0.25) is 0 Å². The van der Waals surface area contributed by atoms with Crippen LogP contribution in [0.2, 0.25) is 0 Å². The van der Waals surface area contributed by atoms with Crippen LogP contribution in [0.25, 0.3) is 0 Å². The largest absolute Gasteiger partial charge is 0.411 e. The number of hydrogen-bond donors (Lipinski definition) is 1. The minimum atomic E-state index is 0.724. The van der Waals surface area contributed by atoms with Gasteiger partial charge in [0, 0.05) is 13.7 Å². The summed E-state index contributed by atoms with van der Waals surface area (Å²) in [6.45, 7) is 4.86. The Bertz CT molecular complexity index is 193. The van der Waals surface area contributed by atoms with Crippen LogP contribution in [0.15, 0.2) is 16.8 Å². The highest BCUT2D eigenvalue weighted by atomic mass is 16.5. The van der Waals surface area contributed by atoms with E-state index < -0.39 is 0 Å². The van der Waals surface area contributed by atoms with E-state index >= 15 is 0 Å². The van der Waals surface area contributed by atoms with Crippen LogP contribution in [0.1, 0.15) is 39.5 Å². The van der Waals surface area contributed by atoms with Crippen LogP contribution in [0.5, 0.6) is 0 Å². The van der Waals surface area contributed by atoms with Crippen LogP contribution in [0, 0.1) is 0 Å². The third-order valence-corrected chi connectivity index (χ3v) is 1.94. The van der Waals surface area contributed by atoms with Crippen molar-refractivity contribution in [3.05, 3.63) is 11.6 Å². The van der Waals surface area contributed by atoms with Gasteiger partial charge in [0.05, 0.1) is 5.71 Å². The monoisotopic (exact) mass is 199 g/mol. The summed E-state index contributed by atoms with van der Waals surface area (Å²) in [4.78, 5) is 0. The highest BCUT2D eigenvalue weighted by Crippen LogP contribution is 2.04. The molecule has 0 radical (unpaired) electrons. The SMILES string of the molecule is COCCCC(CCC=C(C)C)=NO. The van der Waals surface area contributed by atoms with Crippen molar-refractivity contribution >= 4 is 5.71 Å². The number of oxime groups is 1. The molecular formula is C11H21NO2. The molecule has 0 aliphatic heterocycles. The molecule has 0 aromatic rings. The summed E-state index contributed by atoms with van der Waals surface area (Å²) in [5, 5.41) is 12.0. The van der Waals surface area contributed by atoms with Crippen molar-refractivity contribution in [1.82, 2.24) is 0 Å². The molecule has 0 aliphatic rings. The van der Waals surface area contributed by atoms with Gasteiger partial charge in [0.1, 0.15) is 0 Å². The first-order valence-electron chi connectivity index (χ1n) is 5.02. The van der Waals surface area contributed by atoms with Crippen LogP contribution in [-0.4, -0.2) is 24.6 Å². The zero-order chi connectivity index (χ0) is 10.8. The van der Waals surface area contributed by atoms with Crippen LogP contribution in [0.3, 0.4) is 0 Å². The third kappa shape index (κ3) is 7.80. The highest BCUT2D eigenvalue weighted by molar-refractivity contribution is 5.83. The van der Waals surface area contributed by atoms with Gasteiger partial charge in [0.25, 0.3) is 0 Å². The topological polar surface area (TPSA) is 41.8 Å². The fourth-order valence-corrected chi connectivity index (χ4v) is 1.17. The van der Waals surface area contributed by atoms with E-state index in [1.54, 1.807) is 7.11 Å². The first-order chi connectivity index (χ1) is 6.70. The van der Waals surface area contributed by atoms with E-state index in [0.29, 0.717) is 0 Å². The third-order valence-electron chi connectivity index (χ3n) is 1.94. The van der Waals surface area contributed by atoms with Gasteiger partial charge >= 0.3 is 0 Å². The van der Waals surface area contributed by atoms with Gasteiger partial charge in [-0.1, -0.05) is 16.8 Å². The minimum Gasteiger partial charge on any atom is -0.411 e. The Hall–Kier alpha value is -0.830. The number of methoxy groups -OCH3 is 1. The molecule has 3 nitrogen and oxygen atoms in total. The number of ether oxygens (including phenoxy) is 1. The first-order valence-corrected chi connectivity index (χ1v) is 5.02. The zero-order valence-corrected chi connectivity index (χ0v) is 9.42. The normalized spacial score (nSPS) is 11.5. The fourth-order valence-electron chi connectivity index (χ4n) is 1.17. The molecule has 0 atom stereocenters. The summed E-state index contributed by atoms with van der Waals surface area (Å²) >= 11 is 0. The van der Waals surface area contributed by atoms with Crippen LogP contribution < -0.4 is 0 Å². The Morgan fingerprint density at radius 1 is 1.36 bits per heavy atom. The van der Waals surface area contributed by atoms with Gasteiger partial charge in [-0.05, 0) is 39.5 Å². The molecule has 0 rings (SSSR count). The Kier molecular flexibility index (Phi) is 8.24. The van der Waals surface area contributed by atoms with E-state index in [2.05, 4.69) is 25.1 Å². The predicted molar refractivity (Wildman–Crippen MR) is 59.0 cm³/mol. The predicted octanol–water partition coefficient (Wildman–Crippen LogP) is 2.99. The minimum absolute atomic E-state index is 0.724. The second-order valence-corrected chi connectivity index (χ2v) is 3.58. The average Bonchev–Trinajstić information content (AvgIpc) is 2.15. The first kappa shape index (κ1) is 13.2. The molecule has 1 N–H and O–H groups in total. The molecule has 0 heterocycles. The fraction of sp³-hybridized carbons (Fsp3) is 0.727. The molecule has 0 spiro atoms. The van der Waals surface area contributed by atoms with Crippen LogP contribution >= 0.6 is 0 Å². The molecule has 0 unspecified atom stereocenters. The summed E-state index contributed by atoms with van der Waals surface area (Å²) in [6, 6.07) is 0. The molecule has 0 saturated carbocycles. The molecule has 0 aromatic heterocycles. The standard InChI is InChI=1S/C11H21NO2/c1-10(2)6-4-7-11(12-13)8-5-9-14-3/h6,13H,4-5,7-9H2,1-3H3. The molecule has 14 heavy (non-hydrogen) atoms. The van der Waals surface area contributed by atoms with Crippen molar-refractivity contribution in [2.45, 2.75) is 39.5 Å². The van der Waals surface area contributed by atoms with Gasteiger partial charge in [-0.2, -0.15) is 0 Å². The van der Waals surface area contributed by atoms with Crippen molar-refractivity contribution in [2.75, 3.05) is 13.7 Å². The van der Waals surface area contributed by atoms with Crippen LogP contribution in [0.4, 0.5) is 0 Å². The molecule has 0 saturated heterocycles. The molecule has 0 fully saturated rings. The lowest BCUT2D eigenvalue weighted by molar-refractivity contribution is 0.196. The van der Waals surface area contributed by atoms with E-state index in [9.17, 15) is 0 Å². The van der Waals surface area contributed by atoms with E-state index in [4.69, 9.17) is 9.94 Å². The van der Waals surface area contributed by atoms with Gasteiger partial charge in [-0.25, -0.2) is 0 Å². The second-order valence-electron chi connectivity index (χ2n) is 3.58. The molecular weight excluding hydrogens is 178 g/mol. The Balaban J connectivity index is 3.65. The molecule has 0 aromatic carbocycles. The van der Waals surface area contributed by atoms with Gasteiger partial charge < -0.3 is 9.94 Å². The number of nitrogens with zero attached hydrogens (tertiary/aromatic N) is 1. The summed E-state index contributed by atoms with van der Waals surface area (Å²) in [5.74, 6) is 0. The van der Waals surface area contributed by atoms with E-state index in [1.165, 1.54) is 5.57 Å². The smallest absolute Gasteiger partial charge is 0.0574 e. The van der Waals surface area contributed by atoms with Crippen molar-refractivity contribution in [2.24, 2.45) is 5.16 Å². The summed E-state index contributed by atoms with van der Waals surface area (Å²) < 4.78 is 4.93. The number of rotatable bonds is 7. The van der Waals surface area contributed by atoms with Crippen molar-refractivity contribution in [3.8, 4) is 0 Å². The zero-order valence-electron chi connectivity index (χ0n) is 9.42. The quantitative estimate of drug-likeness (QED) is 0.225. The Labute approximate surface area is 86.5 Å². The summed E-state index contributed by atoms with van der Waals surface area (Å²) in [6.07, 6.45) is 5.69.